The third-order valence-corrected chi connectivity index (χ3v) is 4.96. The number of pyridine rings is 2. The van der Waals surface area contributed by atoms with Crippen molar-refractivity contribution in [2.45, 2.75) is 6.92 Å². The number of fused-ring (bicyclic) bond motifs is 3. The van der Waals surface area contributed by atoms with Gasteiger partial charge in [-0.25, -0.2) is 0 Å². The molecular formula is C25H18N2. The molecule has 0 fully saturated rings. The van der Waals surface area contributed by atoms with Gasteiger partial charge in [0.05, 0.1) is 11.0 Å². The molecule has 0 bridgehead atoms. The molecule has 2 heteroatoms. The normalized spacial score (nSPS) is 11.1. The van der Waals surface area contributed by atoms with Crippen molar-refractivity contribution in [1.29, 1.82) is 0 Å². The molecule has 0 radical (unpaired) electrons. The van der Waals surface area contributed by atoms with Gasteiger partial charge in [-0.3, -0.25) is 9.97 Å². The first kappa shape index (κ1) is 15.7. The highest BCUT2D eigenvalue weighted by Crippen LogP contribution is 2.34. The monoisotopic (exact) mass is 346 g/mol. The van der Waals surface area contributed by atoms with Crippen LogP contribution in [0.4, 0.5) is 0 Å². The minimum absolute atomic E-state index is 0.952. The zero-order valence-electron chi connectivity index (χ0n) is 15.1. The summed E-state index contributed by atoms with van der Waals surface area (Å²) in [6.45, 7) is 2.03. The van der Waals surface area contributed by atoms with Gasteiger partial charge in [-0.15, -0.1) is 0 Å². The van der Waals surface area contributed by atoms with Crippen LogP contribution in [0.25, 0.3) is 44.1 Å². The van der Waals surface area contributed by atoms with E-state index >= 15 is 0 Å². The molecule has 0 amide bonds. The van der Waals surface area contributed by atoms with Crippen molar-refractivity contribution in [2.24, 2.45) is 0 Å². The summed E-state index contributed by atoms with van der Waals surface area (Å²) in [5.74, 6) is 0. The van der Waals surface area contributed by atoms with E-state index in [9.17, 15) is 0 Å². The van der Waals surface area contributed by atoms with E-state index in [1.165, 1.54) is 16.7 Å². The quantitative estimate of drug-likeness (QED) is 0.344. The maximum Gasteiger partial charge on any atom is 0.0973 e. The predicted molar refractivity (Wildman–Crippen MR) is 113 cm³/mol. The highest BCUT2D eigenvalue weighted by molar-refractivity contribution is 6.10. The van der Waals surface area contributed by atoms with E-state index in [1.807, 2.05) is 25.3 Å². The zero-order valence-corrected chi connectivity index (χ0v) is 15.1. The molecule has 5 aromatic rings. The van der Waals surface area contributed by atoms with Crippen LogP contribution < -0.4 is 0 Å². The van der Waals surface area contributed by atoms with Gasteiger partial charge < -0.3 is 0 Å². The molecule has 0 aliphatic rings. The van der Waals surface area contributed by atoms with Crippen molar-refractivity contribution in [3.8, 4) is 22.3 Å². The molecule has 27 heavy (non-hydrogen) atoms. The summed E-state index contributed by atoms with van der Waals surface area (Å²) in [4.78, 5) is 9.63. The lowest BCUT2D eigenvalue weighted by Gasteiger charge is -2.11. The Hall–Kier alpha value is -3.52. The Balaban J connectivity index is 1.85. The van der Waals surface area contributed by atoms with Gasteiger partial charge >= 0.3 is 0 Å². The summed E-state index contributed by atoms with van der Waals surface area (Å²) in [7, 11) is 0. The van der Waals surface area contributed by atoms with Crippen LogP contribution in [0.15, 0.2) is 91.1 Å². The third-order valence-electron chi connectivity index (χ3n) is 4.96. The van der Waals surface area contributed by atoms with Crippen molar-refractivity contribution in [3.63, 3.8) is 0 Å². The van der Waals surface area contributed by atoms with Crippen molar-refractivity contribution in [3.05, 3.63) is 96.8 Å². The largest absolute Gasteiger partial charge is 0.253 e. The second-order valence-corrected chi connectivity index (χ2v) is 6.80. The SMILES string of the molecule is Cc1ccc2c(-c3ccccc3)cc3cc(-c4ccccc4)cnc3c2n1. The third kappa shape index (κ3) is 2.76. The van der Waals surface area contributed by atoms with E-state index in [2.05, 4.69) is 72.8 Å². The Kier molecular flexibility index (Phi) is 3.68. The first-order chi connectivity index (χ1) is 13.3. The molecule has 2 aromatic heterocycles. The van der Waals surface area contributed by atoms with E-state index in [-0.39, 0.29) is 0 Å². The highest BCUT2D eigenvalue weighted by atomic mass is 14.7. The van der Waals surface area contributed by atoms with Gasteiger partial charge in [0.15, 0.2) is 0 Å². The van der Waals surface area contributed by atoms with Crippen LogP contribution in [0, 0.1) is 6.92 Å². The highest BCUT2D eigenvalue weighted by Gasteiger charge is 2.12. The second kappa shape index (κ2) is 6.33. The van der Waals surface area contributed by atoms with Crippen molar-refractivity contribution < 1.29 is 0 Å². The first-order valence-electron chi connectivity index (χ1n) is 9.10. The molecule has 0 atom stereocenters. The summed E-state index contributed by atoms with van der Waals surface area (Å²) in [5.41, 5.74) is 7.60. The Labute approximate surface area is 158 Å². The number of rotatable bonds is 2. The number of aryl methyl sites for hydroxylation is 1. The van der Waals surface area contributed by atoms with Gasteiger partial charge in [0, 0.05) is 28.2 Å². The van der Waals surface area contributed by atoms with Gasteiger partial charge in [-0.1, -0.05) is 66.7 Å². The first-order valence-corrected chi connectivity index (χ1v) is 9.10. The summed E-state index contributed by atoms with van der Waals surface area (Å²) in [6, 6.07) is 29.6. The van der Waals surface area contributed by atoms with Crippen LogP contribution in [0.1, 0.15) is 5.69 Å². The van der Waals surface area contributed by atoms with Crippen LogP contribution >= 0.6 is 0 Å². The van der Waals surface area contributed by atoms with Gasteiger partial charge in [-0.2, -0.15) is 0 Å². The molecule has 2 nitrogen and oxygen atoms in total. The minimum Gasteiger partial charge on any atom is -0.253 e. The van der Waals surface area contributed by atoms with Crippen LogP contribution in [0.3, 0.4) is 0 Å². The molecule has 3 aromatic carbocycles. The average molecular weight is 346 g/mol. The molecule has 0 N–H and O–H groups in total. The molecule has 2 heterocycles. The number of hydrogen-bond donors (Lipinski definition) is 0. The standard InChI is InChI=1S/C25H18N2/c1-17-12-13-22-23(19-10-6-3-7-11-19)15-20-14-21(18-8-4-2-5-9-18)16-26-24(20)25(22)27-17/h2-16H,1H3. The lowest BCUT2D eigenvalue weighted by Crippen LogP contribution is -1.92. The summed E-state index contributed by atoms with van der Waals surface area (Å²) in [6.07, 6.45) is 1.95. The van der Waals surface area contributed by atoms with E-state index in [1.54, 1.807) is 0 Å². The molecule has 0 unspecified atom stereocenters. The second-order valence-electron chi connectivity index (χ2n) is 6.80. The van der Waals surface area contributed by atoms with Crippen LogP contribution in [0.2, 0.25) is 0 Å². The molecular weight excluding hydrogens is 328 g/mol. The molecule has 0 saturated heterocycles. The Bertz CT molecular complexity index is 1260. The van der Waals surface area contributed by atoms with Gasteiger partial charge in [0.1, 0.15) is 0 Å². The van der Waals surface area contributed by atoms with Gasteiger partial charge in [0.25, 0.3) is 0 Å². The predicted octanol–water partition coefficient (Wildman–Crippen LogP) is 6.43. The fourth-order valence-electron chi connectivity index (χ4n) is 3.62. The molecule has 5 rings (SSSR count). The number of aromatic nitrogens is 2. The minimum atomic E-state index is 0.952. The van der Waals surface area contributed by atoms with Crippen LogP contribution in [-0.4, -0.2) is 9.97 Å². The Morgan fingerprint density at radius 3 is 2.07 bits per heavy atom. The molecule has 0 saturated carbocycles. The van der Waals surface area contributed by atoms with E-state index in [0.29, 0.717) is 0 Å². The van der Waals surface area contributed by atoms with Gasteiger partial charge in [0.2, 0.25) is 0 Å². The maximum absolute atomic E-state index is 4.83. The number of benzene rings is 3. The van der Waals surface area contributed by atoms with Crippen molar-refractivity contribution in [1.82, 2.24) is 9.97 Å². The smallest absolute Gasteiger partial charge is 0.0973 e. The maximum atomic E-state index is 4.83. The lowest BCUT2D eigenvalue weighted by molar-refractivity contribution is 1.25. The van der Waals surface area contributed by atoms with Crippen molar-refractivity contribution >= 4 is 21.8 Å². The van der Waals surface area contributed by atoms with E-state index < -0.39 is 0 Å². The summed E-state index contributed by atoms with van der Waals surface area (Å²) < 4.78 is 0. The summed E-state index contributed by atoms with van der Waals surface area (Å²) >= 11 is 0. The molecule has 0 aliphatic carbocycles. The Morgan fingerprint density at radius 2 is 1.33 bits per heavy atom. The van der Waals surface area contributed by atoms with E-state index in [4.69, 9.17) is 9.97 Å². The fraction of sp³-hybridized carbons (Fsp3) is 0.0400. The van der Waals surface area contributed by atoms with E-state index in [0.717, 1.165) is 33.1 Å². The lowest BCUT2D eigenvalue weighted by atomic mass is 9.96. The van der Waals surface area contributed by atoms with Crippen LogP contribution in [0.5, 0.6) is 0 Å². The zero-order chi connectivity index (χ0) is 18.2. The van der Waals surface area contributed by atoms with Gasteiger partial charge in [-0.05, 0) is 41.8 Å². The number of hydrogen-bond acceptors (Lipinski definition) is 2. The average Bonchev–Trinajstić information content (AvgIpc) is 2.74. The molecule has 128 valence electrons. The number of nitrogens with zero attached hydrogens (tertiary/aromatic N) is 2. The molecule has 0 aliphatic heterocycles. The summed E-state index contributed by atoms with van der Waals surface area (Å²) in [5, 5.41) is 2.25. The van der Waals surface area contributed by atoms with Crippen LogP contribution in [-0.2, 0) is 0 Å². The molecule has 0 spiro atoms. The Morgan fingerprint density at radius 1 is 0.630 bits per heavy atom. The topological polar surface area (TPSA) is 25.8 Å². The van der Waals surface area contributed by atoms with Crippen molar-refractivity contribution in [2.75, 3.05) is 0 Å². The fourth-order valence-corrected chi connectivity index (χ4v) is 3.62.